The molecule has 9 amide bonds. The number of amides is 9. The van der Waals surface area contributed by atoms with Crippen LogP contribution in [0, 0.1) is 29.6 Å². The molecule has 0 radical (unpaired) electrons. The van der Waals surface area contributed by atoms with Crippen LogP contribution in [0.4, 0.5) is 9.59 Å². The molecule has 2 aliphatic rings. The number of urea groups is 1. The number of likely N-dealkylation sites (N-methyl/N-ethyl adjacent to an activating group) is 1. The normalized spacial score (nSPS) is 17.4. The van der Waals surface area contributed by atoms with E-state index in [1.165, 1.54) is 36.2 Å². The standard InChI is InChI=1S/C66H101N9O14/c1-12-43(6)60(54(87-10)37-57(80)74-34-20-25-52(74)62(88-11)44(7)63(83)71-45(8)61(82)48-21-15-13-16-22-48)73(9)58(81)39-70-64(84)59(42(4)5)72-66(86)89-40-47-28-26-46(27-29-47)35-53(77)51(24-19-32-68-65(67)85)69-38-49(41(2)3)36-50(76)23-17-14-18-33-75-55(78)30-31-56(75)79/h13,15-16,21-22,26-31,41-45,49,51-52,54,59-62,69,82H,12,14,17-20,23-25,32-40H2,1-11H3,(H,70,84)(H,71,83)(H,72,86)(H3,67,68,85)/t43-,44+,45+,49+,51-,52-,54?,59-,60?,61+,62+/m0/s1. The SMILES string of the molecule is CC[C@H](C)C(C(CC(=O)N1CCC[C@H]1[C@H](OC)[C@@H](C)C(=O)N[C@H](C)[C@@H](O)c1ccccc1)OC)N(C)C(=O)CNC(=O)[C@@H](NC(=O)OCc1ccc(CC(=O)[C@H](CCCNC(N)=O)NC[C@@H](CC(=O)CCCCCN2C(=O)C=CC2=O)C(C)C)cc1)C(C)C. The molecule has 2 aromatic carbocycles. The number of imide groups is 1. The molecule has 494 valence electrons. The quantitative estimate of drug-likeness (QED) is 0.0322. The Morgan fingerprint density at radius 1 is 0.787 bits per heavy atom. The van der Waals surface area contributed by atoms with Crippen LogP contribution in [-0.4, -0.2) is 175 Å². The highest BCUT2D eigenvalue weighted by Crippen LogP contribution is 2.30. The van der Waals surface area contributed by atoms with Crippen molar-refractivity contribution in [2.75, 3.05) is 54.0 Å². The molecule has 23 nitrogen and oxygen atoms in total. The summed E-state index contributed by atoms with van der Waals surface area (Å²) in [5.74, 6) is -3.36. The first-order valence-corrected chi connectivity index (χ1v) is 31.6. The van der Waals surface area contributed by atoms with Gasteiger partial charge in [-0.05, 0) is 92.4 Å². The van der Waals surface area contributed by atoms with E-state index in [0.29, 0.717) is 101 Å². The number of ether oxygens (including phenoxy) is 3. The first kappa shape index (κ1) is 74.4. The zero-order chi connectivity index (χ0) is 65.9. The van der Waals surface area contributed by atoms with Gasteiger partial charge in [-0.1, -0.05) is 116 Å². The van der Waals surface area contributed by atoms with Crippen molar-refractivity contribution in [1.82, 2.24) is 41.3 Å². The summed E-state index contributed by atoms with van der Waals surface area (Å²) in [5.41, 5.74) is 7.28. The van der Waals surface area contributed by atoms with Crippen LogP contribution in [0.1, 0.15) is 149 Å². The van der Waals surface area contributed by atoms with Crippen molar-refractivity contribution in [1.29, 1.82) is 0 Å². The van der Waals surface area contributed by atoms with Crippen molar-refractivity contribution in [3.05, 3.63) is 83.4 Å². The number of unbranched alkanes of at least 4 members (excludes halogenated alkanes) is 2. The topological polar surface area (TPSA) is 315 Å². The molecule has 2 aliphatic heterocycles. The van der Waals surface area contributed by atoms with E-state index in [2.05, 4.69) is 26.6 Å². The number of likely N-dealkylation sites (tertiary alicyclic amines) is 1. The first-order chi connectivity index (χ1) is 42.3. The molecule has 23 heteroatoms. The number of alkyl carbamates (subject to hydrolysis) is 1. The Bertz CT molecular complexity index is 2660. The van der Waals surface area contributed by atoms with Gasteiger partial charge in [-0.3, -0.25) is 43.3 Å². The Balaban J connectivity index is 1.28. The number of ketones is 2. The van der Waals surface area contributed by atoms with E-state index in [1.54, 1.807) is 76.0 Å². The van der Waals surface area contributed by atoms with Crippen molar-refractivity contribution < 1.29 is 67.3 Å². The number of benzene rings is 2. The Labute approximate surface area is 526 Å². The highest BCUT2D eigenvalue weighted by Gasteiger charge is 2.43. The number of hydrogen-bond acceptors (Lipinski definition) is 15. The summed E-state index contributed by atoms with van der Waals surface area (Å²) in [6, 6.07) is 12.1. The summed E-state index contributed by atoms with van der Waals surface area (Å²) in [4.78, 5) is 135. The number of carbonyl (C=O) groups is 10. The van der Waals surface area contributed by atoms with Gasteiger partial charge in [0.1, 0.15) is 18.4 Å². The lowest BCUT2D eigenvalue weighted by molar-refractivity contribution is -0.146. The van der Waals surface area contributed by atoms with Crippen LogP contribution in [-0.2, 0) is 65.6 Å². The fraction of sp³-hybridized carbons (Fsp3) is 0.636. The lowest BCUT2D eigenvalue weighted by Gasteiger charge is -2.39. The number of methoxy groups -OCH3 is 2. The van der Waals surface area contributed by atoms with E-state index in [1.807, 2.05) is 45.9 Å². The second-order valence-corrected chi connectivity index (χ2v) is 24.5. The Morgan fingerprint density at radius 3 is 2.06 bits per heavy atom. The van der Waals surface area contributed by atoms with Crippen LogP contribution in [0.25, 0.3) is 0 Å². The van der Waals surface area contributed by atoms with E-state index in [4.69, 9.17) is 19.9 Å². The van der Waals surface area contributed by atoms with Gasteiger partial charge >= 0.3 is 12.1 Å². The number of nitrogens with one attached hydrogen (secondary N) is 5. The molecule has 1 fully saturated rings. The summed E-state index contributed by atoms with van der Waals surface area (Å²) in [6.45, 7) is 15.8. The van der Waals surface area contributed by atoms with Gasteiger partial charge in [0.2, 0.25) is 23.6 Å². The number of hydrogen-bond donors (Lipinski definition) is 7. The fourth-order valence-electron chi connectivity index (χ4n) is 11.6. The minimum Gasteiger partial charge on any atom is -0.445 e. The number of rotatable bonds is 40. The van der Waals surface area contributed by atoms with E-state index in [-0.39, 0.29) is 78.9 Å². The average molecular weight is 1240 g/mol. The van der Waals surface area contributed by atoms with Gasteiger partial charge in [-0.25, -0.2) is 9.59 Å². The van der Waals surface area contributed by atoms with Crippen molar-refractivity contribution in [2.45, 2.75) is 188 Å². The summed E-state index contributed by atoms with van der Waals surface area (Å²) < 4.78 is 17.4. The second-order valence-electron chi connectivity index (χ2n) is 24.5. The van der Waals surface area contributed by atoms with Crippen LogP contribution in [0.2, 0.25) is 0 Å². The molecule has 2 aromatic rings. The highest BCUT2D eigenvalue weighted by atomic mass is 16.5. The van der Waals surface area contributed by atoms with Crippen LogP contribution >= 0.6 is 0 Å². The third kappa shape index (κ3) is 23.7. The molecule has 2 unspecified atom stereocenters. The number of Topliss-reactive ketones (excluding diaryl/α,β-unsaturated/α-hetero) is 2. The van der Waals surface area contributed by atoms with Gasteiger partial charge < -0.3 is 61.4 Å². The Kier molecular flexibility index (Phi) is 31.6. The zero-order valence-electron chi connectivity index (χ0n) is 54.3. The number of aliphatic hydroxyl groups is 1. The fourth-order valence-corrected chi connectivity index (χ4v) is 11.6. The molecule has 1 saturated heterocycles. The molecule has 0 spiro atoms. The van der Waals surface area contributed by atoms with E-state index >= 15 is 0 Å². The summed E-state index contributed by atoms with van der Waals surface area (Å²) in [6.07, 6.45) is 4.80. The monoisotopic (exact) mass is 1240 g/mol. The maximum atomic E-state index is 14.3. The number of aliphatic hydroxyl groups excluding tert-OH is 1. The molecule has 2 heterocycles. The average Bonchev–Trinajstić information content (AvgIpc) is 4.29. The zero-order valence-corrected chi connectivity index (χ0v) is 54.3. The van der Waals surface area contributed by atoms with Crippen molar-refractivity contribution in [3.63, 3.8) is 0 Å². The second kappa shape index (κ2) is 37.8. The van der Waals surface area contributed by atoms with E-state index in [0.717, 1.165) is 0 Å². The molecule has 11 atom stereocenters. The van der Waals surface area contributed by atoms with Gasteiger partial charge in [0.15, 0.2) is 5.78 Å². The first-order valence-electron chi connectivity index (χ1n) is 31.6. The van der Waals surface area contributed by atoms with Crippen molar-refractivity contribution >= 4 is 59.1 Å². The number of nitrogens with zero attached hydrogens (tertiary/aromatic N) is 3. The lowest BCUT2D eigenvalue weighted by atomic mass is 9.88. The maximum Gasteiger partial charge on any atom is 0.408 e. The summed E-state index contributed by atoms with van der Waals surface area (Å²) >= 11 is 0. The third-order valence-corrected chi connectivity index (χ3v) is 17.4. The smallest absolute Gasteiger partial charge is 0.408 e. The van der Waals surface area contributed by atoms with Crippen LogP contribution in [0.3, 0.4) is 0 Å². The van der Waals surface area contributed by atoms with Gasteiger partial charge in [0.25, 0.3) is 11.8 Å². The minimum absolute atomic E-state index is 0.0511. The Morgan fingerprint density at radius 2 is 1.45 bits per heavy atom. The van der Waals surface area contributed by atoms with Crippen molar-refractivity contribution in [3.8, 4) is 0 Å². The largest absolute Gasteiger partial charge is 0.445 e. The molecule has 0 bridgehead atoms. The van der Waals surface area contributed by atoms with Crippen LogP contribution < -0.4 is 32.3 Å². The predicted molar refractivity (Wildman–Crippen MR) is 336 cm³/mol. The predicted octanol–water partition coefficient (Wildman–Crippen LogP) is 5.45. The summed E-state index contributed by atoms with van der Waals surface area (Å²) in [5, 5.41) is 25.1. The Hall–Kier alpha value is -7.08. The number of carbonyl (C=O) groups excluding carboxylic acids is 10. The molecular weight excluding hydrogens is 1140 g/mol. The number of nitrogens with two attached hydrogens (primary N) is 1. The molecule has 4 rings (SSSR count). The third-order valence-electron chi connectivity index (χ3n) is 17.4. The number of primary amides is 1. The summed E-state index contributed by atoms with van der Waals surface area (Å²) in [7, 11) is 4.62. The highest BCUT2D eigenvalue weighted by molar-refractivity contribution is 6.12. The maximum absolute atomic E-state index is 14.3. The molecule has 8 N–H and O–H groups in total. The van der Waals surface area contributed by atoms with E-state index in [9.17, 15) is 53.1 Å². The molecular formula is C66H101N9O14. The van der Waals surface area contributed by atoms with Crippen molar-refractivity contribution in [2.24, 2.45) is 35.3 Å². The van der Waals surface area contributed by atoms with Crippen LogP contribution in [0.5, 0.6) is 0 Å². The van der Waals surface area contributed by atoms with Gasteiger partial charge in [0, 0.05) is 72.3 Å². The van der Waals surface area contributed by atoms with Crippen LogP contribution in [0.15, 0.2) is 66.7 Å². The molecule has 0 aromatic heterocycles. The molecule has 89 heavy (non-hydrogen) atoms. The van der Waals surface area contributed by atoms with Gasteiger partial charge in [-0.2, -0.15) is 0 Å². The van der Waals surface area contributed by atoms with Gasteiger partial charge in [0.05, 0.1) is 61.4 Å². The minimum atomic E-state index is -1.07. The molecule has 0 saturated carbocycles. The molecule has 0 aliphatic carbocycles. The lowest BCUT2D eigenvalue weighted by Crippen LogP contribution is -2.55. The van der Waals surface area contributed by atoms with E-state index < -0.39 is 90.8 Å². The van der Waals surface area contributed by atoms with Gasteiger partial charge in [-0.15, -0.1) is 0 Å².